The number of thiophene rings is 1. The van der Waals surface area contributed by atoms with Gasteiger partial charge in [0.25, 0.3) is 0 Å². The lowest BCUT2D eigenvalue weighted by molar-refractivity contribution is 0.616. The van der Waals surface area contributed by atoms with Crippen molar-refractivity contribution in [2.45, 2.75) is 117 Å². The first-order valence-corrected chi connectivity index (χ1v) is 18.1. The average molecular weight is 517 g/mol. The zero-order valence-electron chi connectivity index (χ0n) is 23.4. The maximum atomic E-state index is 2.65. The minimum atomic E-state index is -1.79. The van der Waals surface area contributed by atoms with Gasteiger partial charge in [0.1, 0.15) is 8.07 Å². The van der Waals surface area contributed by atoms with Gasteiger partial charge in [0.05, 0.1) is 0 Å². The topological polar surface area (TPSA) is 0 Å². The lowest BCUT2D eigenvalue weighted by Gasteiger charge is -2.31. The summed E-state index contributed by atoms with van der Waals surface area (Å²) in [6.07, 6.45) is 16.7. The molecule has 0 atom stereocenters. The van der Waals surface area contributed by atoms with Crippen molar-refractivity contribution in [3.8, 4) is 21.6 Å². The number of aryl methyl sites for hydroxylation is 2. The van der Waals surface area contributed by atoms with Gasteiger partial charge in [-0.25, -0.2) is 0 Å². The molecular formula is C34H48SSi. The van der Waals surface area contributed by atoms with E-state index in [9.17, 15) is 0 Å². The van der Waals surface area contributed by atoms with Crippen LogP contribution in [0.5, 0.6) is 0 Å². The zero-order chi connectivity index (χ0) is 25.4. The van der Waals surface area contributed by atoms with Crippen LogP contribution < -0.4 is 10.4 Å². The molecule has 0 fully saturated rings. The van der Waals surface area contributed by atoms with Crippen LogP contribution in [-0.2, 0) is 0 Å². The second-order valence-electron chi connectivity index (χ2n) is 11.3. The van der Waals surface area contributed by atoms with Gasteiger partial charge in [-0.3, -0.25) is 0 Å². The Morgan fingerprint density at radius 1 is 0.583 bits per heavy atom. The van der Waals surface area contributed by atoms with E-state index in [1.165, 1.54) is 110 Å². The molecule has 0 radical (unpaired) electrons. The smallest absolute Gasteiger partial charge is 0.119 e. The second kappa shape index (κ2) is 13.2. The third-order valence-electron chi connectivity index (χ3n) is 8.46. The summed E-state index contributed by atoms with van der Waals surface area (Å²) in [6, 6.07) is 22.4. The number of fused-ring (bicyclic) bond motifs is 3. The molecule has 2 heterocycles. The molecule has 1 aliphatic heterocycles. The molecule has 0 saturated heterocycles. The molecule has 2 heteroatoms. The minimum Gasteiger partial charge on any atom is -0.141 e. The van der Waals surface area contributed by atoms with Gasteiger partial charge in [-0.2, -0.15) is 0 Å². The summed E-state index contributed by atoms with van der Waals surface area (Å²) in [5.74, 6) is 0. The highest BCUT2D eigenvalue weighted by Gasteiger charge is 2.44. The first kappa shape index (κ1) is 27.4. The van der Waals surface area contributed by atoms with Crippen LogP contribution in [0.2, 0.25) is 12.1 Å². The molecule has 36 heavy (non-hydrogen) atoms. The molecule has 0 N–H and O–H groups in total. The fourth-order valence-corrected chi connectivity index (χ4v) is 13.0. The molecule has 0 saturated carbocycles. The van der Waals surface area contributed by atoms with E-state index in [2.05, 4.69) is 76.2 Å². The Balaban J connectivity index is 1.68. The van der Waals surface area contributed by atoms with E-state index in [0.29, 0.717) is 0 Å². The van der Waals surface area contributed by atoms with Gasteiger partial charge in [-0.1, -0.05) is 133 Å². The minimum absolute atomic E-state index is 1.34. The maximum Gasteiger partial charge on any atom is 0.119 e. The molecule has 2 aromatic carbocycles. The standard InChI is InChI=1S/C34H48SSi/c1-5-7-9-11-13-15-23-36(24-16-14-12-10-8-6-2)33-25-27(3)17-20-30(33)31-21-19-29(26-34(31)36)32-22-18-28(4)35-32/h17-22,25-26H,5-16,23-24H2,1-4H3. The molecule has 0 bridgehead atoms. The number of hydrogen-bond acceptors (Lipinski definition) is 1. The van der Waals surface area contributed by atoms with E-state index in [4.69, 9.17) is 0 Å². The van der Waals surface area contributed by atoms with Crippen molar-refractivity contribution in [3.63, 3.8) is 0 Å². The van der Waals surface area contributed by atoms with Gasteiger partial charge in [-0.05, 0) is 65.1 Å². The van der Waals surface area contributed by atoms with Crippen molar-refractivity contribution >= 4 is 29.8 Å². The van der Waals surface area contributed by atoms with Crippen LogP contribution in [0, 0.1) is 13.8 Å². The molecule has 0 nitrogen and oxygen atoms in total. The summed E-state index contributed by atoms with van der Waals surface area (Å²) in [4.78, 5) is 2.84. The van der Waals surface area contributed by atoms with Gasteiger partial charge in [-0.15, -0.1) is 11.3 Å². The van der Waals surface area contributed by atoms with Crippen molar-refractivity contribution in [2.24, 2.45) is 0 Å². The summed E-state index contributed by atoms with van der Waals surface area (Å²) in [6.45, 7) is 9.18. The Labute approximate surface area is 226 Å². The van der Waals surface area contributed by atoms with Crippen LogP contribution >= 0.6 is 11.3 Å². The quantitative estimate of drug-likeness (QED) is 0.139. The van der Waals surface area contributed by atoms with Gasteiger partial charge < -0.3 is 0 Å². The Bertz CT molecular complexity index is 1090. The summed E-state index contributed by atoms with van der Waals surface area (Å²) in [5, 5.41) is 3.52. The number of rotatable bonds is 15. The summed E-state index contributed by atoms with van der Waals surface area (Å²) in [5.41, 5.74) is 6.01. The van der Waals surface area contributed by atoms with Gasteiger partial charge >= 0.3 is 0 Å². The predicted octanol–water partition coefficient (Wildman–Crippen LogP) is 10.3. The van der Waals surface area contributed by atoms with Crippen LogP contribution in [0.15, 0.2) is 48.5 Å². The highest BCUT2D eigenvalue weighted by atomic mass is 32.1. The largest absolute Gasteiger partial charge is 0.141 e. The van der Waals surface area contributed by atoms with E-state index < -0.39 is 8.07 Å². The first-order chi connectivity index (χ1) is 17.6. The molecular weight excluding hydrogens is 469 g/mol. The molecule has 4 rings (SSSR count). The third-order valence-corrected chi connectivity index (χ3v) is 14.8. The highest BCUT2D eigenvalue weighted by molar-refractivity contribution is 7.15. The van der Waals surface area contributed by atoms with E-state index in [0.717, 1.165) is 0 Å². The summed E-state index contributed by atoms with van der Waals surface area (Å²) in [7, 11) is -1.79. The van der Waals surface area contributed by atoms with Crippen LogP contribution in [0.25, 0.3) is 21.6 Å². The van der Waals surface area contributed by atoms with Gasteiger partial charge in [0.15, 0.2) is 0 Å². The third kappa shape index (κ3) is 6.25. The molecule has 3 aromatic rings. The van der Waals surface area contributed by atoms with Gasteiger partial charge in [0, 0.05) is 9.75 Å². The van der Waals surface area contributed by atoms with Crippen molar-refractivity contribution < 1.29 is 0 Å². The number of benzene rings is 2. The van der Waals surface area contributed by atoms with E-state index in [1.807, 2.05) is 11.3 Å². The molecule has 0 unspecified atom stereocenters. The Hall–Kier alpha value is -1.64. The van der Waals surface area contributed by atoms with Crippen molar-refractivity contribution in [3.05, 3.63) is 59.0 Å². The number of hydrogen-bond donors (Lipinski definition) is 0. The van der Waals surface area contributed by atoms with E-state index in [1.54, 1.807) is 21.5 Å². The van der Waals surface area contributed by atoms with Gasteiger partial charge in [0.2, 0.25) is 0 Å². The van der Waals surface area contributed by atoms with Crippen LogP contribution in [0.1, 0.15) is 101 Å². The fraction of sp³-hybridized carbons (Fsp3) is 0.529. The van der Waals surface area contributed by atoms with Crippen molar-refractivity contribution in [1.29, 1.82) is 0 Å². The summed E-state index contributed by atoms with van der Waals surface area (Å²) < 4.78 is 0. The van der Waals surface area contributed by atoms with Crippen molar-refractivity contribution in [2.75, 3.05) is 0 Å². The van der Waals surface area contributed by atoms with Crippen LogP contribution in [-0.4, -0.2) is 8.07 Å². The second-order valence-corrected chi connectivity index (χ2v) is 16.9. The zero-order valence-corrected chi connectivity index (χ0v) is 25.2. The molecule has 0 spiro atoms. The Morgan fingerprint density at radius 2 is 1.14 bits per heavy atom. The lowest BCUT2D eigenvalue weighted by atomic mass is 10.0. The first-order valence-electron chi connectivity index (χ1n) is 14.9. The fourth-order valence-electron chi connectivity index (χ4n) is 6.43. The number of unbranched alkanes of at least 4 members (excludes halogenated alkanes) is 10. The average Bonchev–Trinajstić information content (AvgIpc) is 3.43. The molecule has 0 amide bonds. The monoisotopic (exact) mass is 516 g/mol. The van der Waals surface area contributed by atoms with Crippen LogP contribution in [0.4, 0.5) is 0 Å². The summed E-state index contributed by atoms with van der Waals surface area (Å²) >= 11 is 1.95. The molecule has 1 aromatic heterocycles. The normalized spacial score (nSPS) is 13.7. The lowest BCUT2D eigenvalue weighted by Crippen LogP contribution is -2.55. The Morgan fingerprint density at radius 3 is 1.72 bits per heavy atom. The molecule has 0 aliphatic carbocycles. The Kier molecular flexibility index (Phi) is 10.1. The van der Waals surface area contributed by atoms with E-state index >= 15 is 0 Å². The molecule has 1 aliphatic rings. The van der Waals surface area contributed by atoms with Crippen LogP contribution in [0.3, 0.4) is 0 Å². The highest BCUT2D eigenvalue weighted by Crippen LogP contribution is 2.38. The molecule has 194 valence electrons. The maximum absolute atomic E-state index is 2.65. The van der Waals surface area contributed by atoms with Crippen molar-refractivity contribution in [1.82, 2.24) is 0 Å². The predicted molar refractivity (Wildman–Crippen MR) is 166 cm³/mol. The van der Waals surface area contributed by atoms with E-state index in [-0.39, 0.29) is 0 Å². The SMILES string of the molecule is CCCCCCCC[Si]1(CCCCCCCC)c2cc(C)ccc2-c2ccc(-c3ccc(C)s3)cc21.